The number of rotatable bonds is 7. The van der Waals surface area contributed by atoms with Gasteiger partial charge >= 0.3 is 11.9 Å². The highest BCUT2D eigenvalue weighted by atomic mass is 32.2. The van der Waals surface area contributed by atoms with Gasteiger partial charge in [-0.1, -0.05) is 18.2 Å². The Kier molecular flexibility index (Phi) is 5.70. The lowest BCUT2D eigenvalue weighted by Gasteiger charge is -2.14. The first-order valence-corrected chi connectivity index (χ1v) is 9.81. The van der Waals surface area contributed by atoms with Crippen LogP contribution in [0.1, 0.15) is 20.7 Å². The van der Waals surface area contributed by atoms with Crippen molar-refractivity contribution in [1.29, 1.82) is 0 Å². The summed E-state index contributed by atoms with van der Waals surface area (Å²) in [5.74, 6) is -3.64. The first-order valence-electron chi connectivity index (χ1n) is 8.33. The largest absolute Gasteiger partial charge is 0.478 e. The molecule has 3 N–H and O–H groups in total. The summed E-state index contributed by atoms with van der Waals surface area (Å²) in [5.41, 5.74) is -1.23. The molecule has 0 aromatic heterocycles. The summed E-state index contributed by atoms with van der Waals surface area (Å²) in [7, 11) is -4.40. The third kappa shape index (κ3) is 4.55. The van der Waals surface area contributed by atoms with E-state index in [1.807, 2.05) is 0 Å². The molecule has 154 valence electrons. The lowest BCUT2D eigenvalue weighted by atomic mass is 10.2. The van der Waals surface area contributed by atoms with Crippen molar-refractivity contribution >= 4 is 27.6 Å². The van der Waals surface area contributed by atoms with E-state index in [0.29, 0.717) is 17.9 Å². The molecule has 0 spiro atoms. The molecule has 0 radical (unpaired) electrons. The van der Waals surface area contributed by atoms with Gasteiger partial charge in [0.05, 0.1) is 21.7 Å². The van der Waals surface area contributed by atoms with Crippen molar-refractivity contribution in [3.8, 4) is 11.5 Å². The van der Waals surface area contributed by atoms with Crippen LogP contribution in [0.15, 0.2) is 71.6 Å². The quantitative estimate of drug-likeness (QED) is 0.518. The molecule has 0 bridgehead atoms. The third-order valence-electron chi connectivity index (χ3n) is 3.92. The summed E-state index contributed by atoms with van der Waals surface area (Å²) in [6, 6.07) is 14.2. The highest BCUT2D eigenvalue weighted by Gasteiger charge is 2.22. The zero-order chi connectivity index (χ0) is 21.9. The molecule has 0 atom stereocenters. The highest BCUT2D eigenvalue weighted by Crippen LogP contribution is 2.32. The number of carboxylic acid groups (broad SMARTS) is 2. The molecule has 0 heterocycles. The van der Waals surface area contributed by atoms with Crippen LogP contribution in [0.2, 0.25) is 0 Å². The number of carbonyl (C=O) groups is 2. The van der Waals surface area contributed by atoms with Gasteiger partial charge in [-0.3, -0.25) is 4.72 Å². The molecule has 30 heavy (non-hydrogen) atoms. The summed E-state index contributed by atoms with van der Waals surface area (Å²) < 4.78 is 46.9. The molecule has 0 saturated heterocycles. The van der Waals surface area contributed by atoms with Gasteiger partial charge in [0.15, 0.2) is 5.75 Å². The van der Waals surface area contributed by atoms with Crippen molar-refractivity contribution in [2.24, 2.45) is 0 Å². The molecule has 3 aromatic carbocycles. The second kappa shape index (κ2) is 8.21. The minimum Gasteiger partial charge on any atom is -0.478 e. The predicted molar refractivity (Wildman–Crippen MR) is 104 cm³/mol. The number of para-hydroxylation sites is 1. The fraction of sp³-hybridized carbons (Fsp3) is 0. The number of anilines is 1. The van der Waals surface area contributed by atoms with Gasteiger partial charge in [-0.25, -0.2) is 22.4 Å². The fourth-order valence-corrected chi connectivity index (χ4v) is 3.57. The van der Waals surface area contributed by atoms with Gasteiger partial charge in [0.2, 0.25) is 0 Å². The molecule has 0 fully saturated rings. The normalized spacial score (nSPS) is 11.0. The smallest absolute Gasteiger partial charge is 0.338 e. The van der Waals surface area contributed by atoms with E-state index in [1.54, 1.807) is 30.3 Å². The molecule has 3 rings (SSSR count). The topological polar surface area (TPSA) is 130 Å². The van der Waals surface area contributed by atoms with Crippen LogP contribution in [0.25, 0.3) is 0 Å². The van der Waals surface area contributed by atoms with Gasteiger partial charge in [0.25, 0.3) is 10.0 Å². The maximum Gasteiger partial charge on any atom is 0.338 e. The maximum absolute atomic E-state index is 13.6. The van der Waals surface area contributed by atoms with Crippen LogP contribution in [0.5, 0.6) is 11.5 Å². The second-order valence-electron chi connectivity index (χ2n) is 5.98. The number of aromatic carboxylic acids is 2. The van der Waals surface area contributed by atoms with E-state index in [4.69, 9.17) is 9.84 Å². The number of hydrogen-bond donors (Lipinski definition) is 3. The zero-order valence-electron chi connectivity index (χ0n) is 15.1. The SMILES string of the molecule is O=C(O)c1ccc(Oc2ccccc2)c(NS(=O)(=O)c2ccc(F)c(C(=O)O)c2)c1. The Morgan fingerprint density at radius 2 is 1.60 bits per heavy atom. The lowest BCUT2D eigenvalue weighted by Crippen LogP contribution is -2.15. The number of sulfonamides is 1. The summed E-state index contributed by atoms with van der Waals surface area (Å²) in [6.45, 7) is 0. The molecule has 0 aliphatic rings. The van der Waals surface area contributed by atoms with Crippen LogP contribution in [-0.2, 0) is 10.0 Å². The molecule has 0 aliphatic carbocycles. The maximum atomic E-state index is 13.6. The van der Waals surface area contributed by atoms with Gasteiger partial charge in [-0.15, -0.1) is 0 Å². The first-order chi connectivity index (χ1) is 14.2. The number of benzene rings is 3. The molecular formula is C20H14FNO7S. The Morgan fingerprint density at radius 3 is 2.23 bits per heavy atom. The van der Waals surface area contributed by atoms with Crippen molar-refractivity contribution < 1.29 is 37.3 Å². The first kappa shape index (κ1) is 20.8. The summed E-state index contributed by atoms with van der Waals surface area (Å²) in [6.07, 6.45) is 0. The number of ether oxygens (including phenoxy) is 1. The molecule has 8 nitrogen and oxygen atoms in total. The Labute approximate surface area is 170 Å². The van der Waals surface area contributed by atoms with Crippen LogP contribution in [0.3, 0.4) is 0 Å². The van der Waals surface area contributed by atoms with Gasteiger partial charge < -0.3 is 14.9 Å². The van der Waals surface area contributed by atoms with E-state index in [2.05, 4.69) is 4.72 Å². The van der Waals surface area contributed by atoms with E-state index in [1.165, 1.54) is 12.1 Å². The van der Waals surface area contributed by atoms with E-state index in [-0.39, 0.29) is 17.0 Å². The second-order valence-corrected chi connectivity index (χ2v) is 7.67. The summed E-state index contributed by atoms with van der Waals surface area (Å²) in [4.78, 5) is 21.9. The van der Waals surface area contributed by atoms with Crippen molar-refractivity contribution in [1.82, 2.24) is 0 Å². The van der Waals surface area contributed by atoms with Crippen LogP contribution in [0.4, 0.5) is 10.1 Å². The lowest BCUT2D eigenvalue weighted by molar-refractivity contribution is 0.0683. The Balaban J connectivity index is 2.03. The van der Waals surface area contributed by atoms with E-state index < -0.39 is 38.2 Å². The molecule has 0 saturated carbocycles. The van der Waals surface area contributed by atoms with E-state index in [9.17, 15) is 27.5 Å². The standard InChI is InChI=1S/C20H14FNO7S/c21-16-8-7-14(11-15(16)20(25)26)30(27,28)22-17-10-12(19(23)24)6-9-18(17)29-13-4-2-1-3-5-13/h1-11,22H,(H,23,24)(H,25,26). The number of carboxylic acids is 2. The van der Waals surface area contributed by atoms with Gasteiger partial charge in [-0.2, -0.15) is 0 Å². The van der Waals surface area contributed by atoms with Crippen LogP contribution in [-0.4, -0.2) is 30.6 Å². The van der Waals surface area contributed by atoms with Gasteiger partial charge in [0.1, 0.15) is 11.6 Å². The minimum absolute atomic E-state index is 0.00958. The van der Waals surface area contributed by atoms with Crippen LogP contribution in [0, 0.1) is 5.82 Å². The highest BCUT2D eigenvalue weighted by molar-refractivity contribution is 7.92. The van der Waals surface area contributed by atoms with Crippen molar-refractivity contribution in [2.45, 2.75) is 4.90 Å². The van der Waals surface area contributed by atoms with Crippen molar-refractivity contribution in [2.75, 3.05) is 4.72 Å². The van der Waals surface area contributed by atoms with Crippen molar-refractivity contribution in [3.63, 3.8) is 0 Å². The zero-order valence-corrected chi connectivity index (χ0v) is 15.9. The van der Waals surface area contributed by atoms with E-state index >= 15 is 0 Å². The van der Waals surface area contributed by atoms with Gasteiger partial charge in [0, 0.05) is 0 Å². The molecule has 0 aliphatic heterocycles. The Bertz CT molecular complexity index is 1230. The average Bonchev–Trinajstić information content (AvgIpc) is 2.69. The van der Waals surface area contributed by atoms with Crippen LogP contribution >= 0.6 is 0 Å². The Hall–Kier alpha value is -3.92. The minimum atomic E-state index is -4.40. The monoisotopic (exact) mass is 431 g/mol. The molecular weight excluding hydrogens is 417 g/mol. The van der Waals surface area contributed by atoms with Crippen LogP contribution < -0.4 is 9.46 Å². The van der Waals surface area contributed by atoms with E-state index in [0.717, 1.165) is 12.1 Å². The third-order valence-corrected chi connectivity index (χ3v) is 5.28. The fourth-order valence-electron chi connectivity index (χ4n) is 2.49. The van der Waals surface area contributed by atoms with Crippen molar-refractivity contribution in [3.05, 3.63) is 83.7 Å². The number of nitrogens with one attached hydrogen (secondary N) is 1. The Morgan fingerprint density at radius 1 is 0.900 bits per heavy atom. The summed E-state index contributed by atoms with van der Waals surface area (Å²) in [5, 5.41) is 18.2. The number of halogens is 1. The molecule has 0 unspecified atom stereocenters. The number of hydrogen-bond acceptors (Lipinski definition) is 5. The predicted octanol–water partition coefficient (Wildman–Crippen LogP) is 3.82. The molecule has 3 aromatic rings. The molecule has 0 amide bonds. The van der Waals surface area contributed by atoms with Gasteiger partial charge in [-0.05, 0) is 48.5 Å². The summed E-state index contributed by atoms with van der Waals surface area (Å²) >= 11 is 0. The average molecular weight is 431 g/mol. The molecule has 10 heteroatoms.